The van der Waals surface area contributed by atoms with Crippen molar-refractivity contribution in [3.8, 4) is 0 Å². The van der Waals surface area contributed by atoms with Crippen LogP contribution in [-0.4, -0.2) is 27.8 Å². The van der Waals surface area contributed by atoms with Crippen molar-refractivity contribution < 1.29 is 27.2 Å². The van der Waals surface area contributed by atoms with E-state index in [1.807, 2.05) is 0 Å². The van der Waals surface area contributed by atoms with E-state index in [9.17, 15) is 27.2 Å². The topological polar surface area (TPSA) is 84.0 Å². The summed E-state index contributed by atoms with van der Waals surface area (Å²) in [6.07, 6.45) is -4.51. The second-order valence-corrected chi connectivity index (χ2v) is 7.95. The summed E-state index contributed by atoms with van der Waals surface area (Å²) in [5.74, 6) is -1.77. The number of benzene rings is 2. The minimum atomic E-state index is -4.51. The quantitative estimate of drug-likeness (QED) is 0.320. The first-order valence-corrected chi connectivity index (χ1v) is 10.0. The molecule has 156 valence electrons. The molecule has 2 N–H and O–H groups in total. The number of anilines is 2. The van der Waals surface area contributed by atoms with Crippen molar-refractivity contribution in [2.24, 2.45) is 0 Å². The summed E-state index contributed by atoms with van der Waals surface area (Å²) in [6.45, 7) is 0. The Hall–Kier alpha value is -2.99. The van der Waals surface area contributed by atoms with Gasteiger partial charge in [0.15, 0.2) is 4.34 Å². The van der Waals surface area contributed by atoms with Crippen LogP contribution in [-0.2, 0) is 11.0 Å². The summed E-state index contributed by atoms with van der Waals surface area (Å²) in [4.78, 5) is 24.0. The zero-order chi connectivity index (χ0) is 21.7. The lowest BCUT2D eigenvalue weighted by atomic mass is 10.2. The monoisotopic (exact) mass is 456 g/mol. The van der Waals surface area contributed by atoms with Gasteiger partial charge in [0, 0.05) is 11.3 Å². The van der Waals surface area contributed by atoms with Crippen molar-refractivity contribution in [3.63, 3.8) is 0 Å². The molecule has 0 aliphatic carbocycles. The highest BCUT2D eigenvalue weighted by atomic mass is 32.2. The van der Waals surface area contributed by atoms with Crippen LogP contribution >= 0.6 is 23.1 Å². The third-order valence-corrected chi connectivity index (χ3v) is 5.49. The number of thioether (sulfide) groups is 1. The van der Waals surface area contributed by atoms with Crippen LogP contribution in [0.2, 0.25) is 0 Å². The van der Waals surface area contributed by atoms with Gasteiger partial charge in [-0.1, -0.05) is 35.2 Å². The van der Waals surface area contributed by atoms with E-state index < -0.39 is 29.4 Å². The Morgan fingerprint density at radius 3 is 2.53 bits per heavy atom. The van der Waals surface area contributed by atoms with E-state index in [-0.39, 0.29) is 22.1 Å². The van der Waals surface area contributed by atoms with Crippen LogP contribution in [0.3, 0.4) is 0 Å². The summed E-state index contributed by atoms with van der Waals surface area (Å²) < 4.78 is 51.7. The average molecular weight is 456 g/mol. The number of carbonyl (C=O) groups excluding carboxylic acids is 2. The molecule has 1 heterocycles. The summed E-state index contributed by atoms with van der Waals surface area (Å²) in [7, 11) is 0. The van der Waals surface area contributed by atoms with Gasteiger partial charge in [-0.15, -0.1) is 10.2 Å². The van der Waals surface area contributed by atoms with E-state index in [2.05, 4.69) is 20.8 Å². The van der Waals surface area contributed by atoms with Gasteiger partial charge in [-0.05, 0) is 36.4 Å². The lowest BCUT2D eigenvalue weighted by molar-refractivity contribution is -0.137. The third-order valence-electron chi connectivity index (χ3n) is 3.51. The van der Waals surface area contributed by atoms with E-state index in [1.165, 1.54) is 30.3 Å². The highest BCUT2D eigenvalue weighted by molar-refractivity contribution is 8.01. The maximum atomic E-state index is 13.2. The second-order valence-electron chi connectivity index (χ2n) is 5.75. The minimum absolute atomic E-state index is 0.0238. The molecule has 12 heteroatoms. The molecule has 3 rings (SSSR count). The van der Waals surface area contributed by atoms with Crippen LogP contribution < -0.4 is 10.6 Å². The van der Waals surface area contributed by atoms with Crippen LogP contribution in [0, 0.1) is 5.82 Å². The van der Waals surface area contributed by atoms with Gasteiger partial charge in [0.25, 0.3) is 5.91 Å². The van der Waals surface area contributed by atoms with Gasteiger partial charge in [0.1, 0.15) is 5.82 Å². The molecule has 0 unspecified atom stereocenters. The zero-order valence-corrected chi connectivity index (χ0v) is 16.5. The first kappa shape index (κ1) is 21.7. The normalized spacial score (nSPS) is 11.2. The molecule has 0 aliphatic heterocycles. The number of nitrogens with one attached hydrogen (secondary N) is 2. The lowest BCUT2D eigenvalue weighted by Gasteiger charge is -2.09. The van der Waals surface area contributed by atoms with Gasteiger partial charge in [-0.3, -0.25) is 14.9 Å². The Morgan fingerprint density at radius 2 is 1.80 bits per heavy atom. The molecule has 0 radical (unpaired) electrons. The van der Waals surface area contributed by atoms with E-state index >= 15 is 0 Å². The highest BCUT2D eigenvalue weighted by Gasteiger charge is 2.30. The molecule has 0 saturated heterocycles. The molecule has 0 aliphatic rings. The van der Waals surface area contributed by atoms with Gasteiger partial charge in [-0.2, -0.15) is 13.2 Å². The van der Waals surface area contributed by atoms with Gasteiger partial charge in [0.05, 0.1) is 11.3 Å². The summed E-state index contributed by atoms with van der Waals surface area (Å²) in [5.41, 5.74) is -0.730. The highest BCUT2D eigenvalue weighted by Crippen LogP contribution is 2.31. The number of halogens is 4. The lowest BCUT2D eigenvalue weighted by Crippen LogP contribution is -2.15. The summed E-state index contributed by atoms with van der Waals surface area (Å²) in [6, 6.07) is 9.42. The second kappa shape index (κ2) is 9.22. The van der Waals surface area contributed by atoms with E-state index in [1.54, 1.807) is 0 Å². The zero-order valence-electron chi connectivity index (χ0n) is 14.9. The largest absolute Gasteiger partial charge is 0.416 e. The summed E-state index contributed by atoms with van der Waals surface area (Å²) in [5, 5.41) is 12.6. The Bertz CT molecular complexity index is 1070. The Morgan fingerprint density at radius 1 is 1.03 bits per heavy atom. The van der Waals surface area contributed by atoms with Gasteiger partial charge < -0.3 is 5.32 Å². The Kier molecular flexibility index (Phi) is 6.67. The number of alkyl halides is 3. The predicted octanol–water partition coefficient (Wildman–Crippen LogP) is 4.68. The number of amides is 2. The number of carbonyl (C=O) groups is 2. The van der Waals surface area contributed by atoms with Crippen LogP contribution in [0.5, 0.6) is 0 Å². The van der Waals surface area contributed by atoms with Crippen LogP contribution in [0.25, 0.3) is 0 Å². The Balaban J connectivity index is 1.53. The average Bonchev–Trinajstić information content (AvgIpc) is 3.13. The van der Waals surface area contributed by atoms with Gasteiger partial charge >= 0.3 is 6.18 Å². The van der Waals surface area contributed by atoms with E-state index in [0.29, 0.717) is 4.34 Å². The SMILES string of the molecule is O=C(CSc1nnc(NC(=O)c2cccc(F)c2)s1)Nc1cccc(C(F)(F)F)c1. The molecule has 2 amide bonds. The van der Waals surface area contributed by atoms with E-state index in [0.717, 1.165) is 41.3 Å². The molecular weight excluding hydrogens is 444 g/mol. The van der Waals surface area contributed by atoms with Crippen molar-refractivity contribution in [1.82, 2.24) is 10.2 Å². The number of hydrogen-bond acceptors (Lipinski definition) is 6. The predicted molar refractivity (Wildman–Crippen MR) is 105 cm³/mol. The van der Waals surface area contributed by atoms with E-state index in [4.69, 9.17) is 0 Å². The third kappa shape index (κ3) is 6.00. The molecule has 0 bridgehead atoms. The fourth-order valence-electron chi connectivity index (χ4n) is 2.22. The molecule has 6 nitrogen and oxygen atoms in total. The number of rotatable bonds is 6. The molecule has 2 aromatic carbocycles. The molecular formula is C18H12F4N4O2S2. The van der Waals surface area contributed by atoms with Gasteiger partial charge in [0.2, 0.25) is 11.0 Å². The van der Waals surface area contributed by atoms with Gasteiger partial charge in [-0.25, -0.2) is 4.39 Å². The fourth-order valence-corrected chi connectivity index (χ4v) is 3.76. The molecule has 0 spiro atoms. The molecule has 3 aromatic rings. The van der Waals surface area contributed by atoms with Crippen molar-refractivity contribution in [3.05, 3.63) is 65.5 Å². The molecule has 0 atom stereocenters. The molecule has 30 heavy (non-hydrogen) atoms. The maximum absolute atomic E-state index is 13.2. The first-order chi connectivity index (χ1) is 14.2. The number of nitrogens with zero attached hydrogens (tertiary/aromatic N) is 2. The first-order valence-electron chi connectivity index (χ1n) is 8.21. The van der Waals surface area contributed by atoms with Crippen molar-refractivity contribution >= 4 is 45.7 Å². The molecule has 1 aromatic heterocycles. The summed E-state index contributed by atoms with van der Waals surface area (Å²) >= 11 is 2.00. The fraction of sp³-hybridized carbons (Fsp3) is 0.111. The van der Waals surface area contributed by atoms with Crippen LogP contribution in [0.4, 0.5) is 28.4 Å². The van der Waals surface area contributed by atoms with Crippen LogP contribution in [0.1, 0.15) is 15.9 Å². The van der Waals surface area contributed by atoms with Crippen LogP contribution in [0.15, 0.2) is 52.9 Å². The molecule has 0 fully saturated rings. The Labute approximate surface area is 175 Å². The van der Waals surface area contributed by atoms with Crippen molar-refractivity contribution in [2.75, 3.05) is 16.4 Å². The standard InChI is InChI=1S/C18H12F4N4O2S2/c19-12-5-1-3-10(7-12)15(28)24-16-25-26-17(30-16)29-9-14(27)23-13-6-2-4-11(8-13)18(20,21)22/h1-8H,9H2,(H,23,27)(H,24,25,28). The van der Waals surface area contributed by atoms with Crippen molar-refractivity contribution in [1.29, 1.82) is 0 Å². The smallest absolute Gasteiger partial charge is 0.325 e. The number of aromatic nitrogens is 2. The molecule has 0 saturated carbocycles. The number of hydrogen-bond donors (Lipinski definition) is 2. The maximum Gasteiger partial charge on any atom is 0.416 e. The van der Waals surface area contributed by atoms with Crippen molar-refractivity contribution in [2.45, 2.75) is 10.5 Å². The minimum Gasteiger partial charge on any atom is -0.325 e.